The molecule has 3 N–H and O–H groups in total. The fourth-order valence-electron chi connectivity index (χ4n) is 3.37. The number of benzene rings is 1. The summed E-state index contributed by atoms with van der Waals surface area (Å²) < 4.78 is 0. The molecule has 1 saturated heterocycles. The van der Waals surface area contributed by atoms with Gasteiger partial charge in [-0.3, -0.25) is 9.69 Å². The Kier molecular flexibility index (Phi) is 5.11. The van der Waals surface area contributed by atoms with E-state index in [0.717, 1.165) is 38.4 Å². The van der Waals surface area contributed by atoms with E-state index in [4.69, 9.17) is 5.73 Å². The number of carbonyl (C=O) groups is 1. The normalized spacial score (nSPS) is 22.5. The third-order valence-electron chi connectivity index (χ3n) is 4.73. The molecule has 22 heavy (non-hydrogen) atoms. The van der Waals surface area contributed by atoms with Crippen molar-refractivity contribution in [2.24, 2.45) is 11.7 Å². The SMILES string of the molecule is NCCNC(=O)C1CCCN(Cc2cccc(C3CC3)c2)C1. The van der Waals surface area contributed by atoms with Gasteiger partial charge in [0, 0.05) is 26.2 Å². The molecule has 3 rings (SSSR count). The van der Waals surface area contributed by atoms with Crippen LogP contribution >= 0.6 is 0 Å². The second-order valence-electron chi connectivity index (χ2n) is 6.67. The first-order valence-corrected chi connectivity index (χ1v) is 8.55. The van der Waals surface area contributed by atoms with Gasteiger partial charge in [0.1, 0.15) is 0 Å². The number of hydrogen-bond donors (Lipinski definition) is 2. The third-order valence-corrected chi connectivity index (χ3v) is 4.73. The molecule has 1 heterocycles. The molecule has 1 atom stereocenters. The summed E-state index contributed by atoms with van der Waals surface area (Å²) in [5.74, 6) is 1.09. The minimum absolute atomic E-state index is 0.118. The van der Waals surface area contributed by atoms with Crippen LogP contribution in [0.3, 0.4) is 0 Å². The lowest BCUT2D eigenvalue weighted by molar-refractivity contribution is -0.126. The molecule has 0 bridgehead atoms. The van der Waals surface area contributed by atoms with Gasteiger partial charge in [-0.05, 0) is 49.3 Å². The summed E-state index contributed by atoms with van der Waals surface area (Å²) in [7, 11) is 0. The van der Waals surface area contributed by atoms with Gasteiger partial charge in [0.05, 0.1) is 5.92 Å². The lowest BCUT2D eigenvalue weighted by Gasteiger charge is -2.32. The summed E-state index contributed by atoms with van der Waals surface area (Å²) >= 11 is 0. The van der Waals surface area contributed by atoms with Crippen LogP contribution in [-0.2, 0) is 11.3 Å². The smallest absolute Gasteiger partial charge is 0.224 e. The summed E-state index contributed by atoms with van der Waals surface area (Å²) in [6, 6.07) is 9.00. The lowest BCUT2D eigenvalue weighted by Crippen LogP contribution is -2.43. The van der Waals surface area contributed by atoms with Gasteiger partial charge in [0.15, 0.2) is 0 Å². The van der Waals surface area contributed by atoms with Crippen molar-refractivity contribution in [1.82, 2.24) is 10.2 Å². The van der Waals surface area contributed by atoms with Gasteiger partial charge in [0.25, 0.3) is 0 Å². The highest BCUT2D eigenvalue weighted by Gasteiger charge is 2.26. The fourth-order valence-corrected chi connectivity index (χ4v) is 3.37. The number of nitrogens with zero attached hydrogens (tertiary/aromatic N) is 1. The molecule has 1 aliphatic heterocycles. The van der Waals surface area contributed by atoms with Gasteiger partial charge in [-0.1, -0.05) is 24.3 Å². The molecular weight excluding hydrogens is 274 g/mol. The van der Waals surface area contributed by atoms with Crippen molar-refractivity contribution >= 4 is 5.91 Å². The summed E-state index contributed by atoms with van der Waals surface area (Å²) in [5, 5.41) is 2.93. The zero-order valence-corrected chi connectivity index (χ0v) is 13.3. The van der Waals surface area contributed by atoms with E-state index in [0.29, 0.717) is 13.1 Å². The topological polar surface area (TPSA) is 58.4 Å². The molecular formula is C18H27N3O. The quantitative estimate of drug-likeness (QED) is 0.843. The van der Waals surface area contributed by atoms with Gasteiger partial charge >= 0.3 is 0 Å². The predicted octanol–water partition coefficient (Wildman–Crippen LogP) is 1.85. The van der Waals surface area contributed by atoms with E-state index in [1.165, 1.54) is 24.0 Å². The van der Waals surface area contributed by atoms with Crippen LogP contribution in [0.15, 0.2) is 24.3 Å². The van der Waals surface area contributed by atoms with Crippen molar-refractivity contribution in [3.05, 3.63) is 35.4 Å². The van der Waals surface area contributed by atoms with Crippen LogP contribution in [0.4, 0.5) is 0 Å². The number of nitrogens with two attached hydrogens (primary N) is 1. The Bertz CT molecular complexity index is 513. The molecule has 1 aromatic carbocycles. The highest BCUT2D eigenvalue weighted by Crippen LogP contribution is 2.40. The Morgan fingerprint density at radius 3 is 2.95 bits per heavy atom. The van der Waals surface area contributed by atoms with E-state index in [1.807, 2.05) is 0 Å². The van der Waals surface area contributed by atoms with Gasteiger partial charge in [0.2, 0.25) is 5.91 Å². The Morgan fingerprint density at radius 2 is 2.18 bits per heavy atom. The third kappa shape index (κ3) is 4.08. The average molecular weight is 301 g/mol. The highest BCUT2D eigenvalue weighted by molar-refractivity contribution is 5.78. The van der Waals surface area contributed by atoms with E-state index in [2.05, 4.69) is 34.5 Å². The molecule has 2 aliphatic rings. The number of amides is 1. The number of likely N-dealkylation sites (tertiary alicyclic amines) is 1. The van der Waals surface area contributed by atoms with Gasteiger partial charge in [-0.15, -0.1) is 0 Å². The van der Waals surface area contributed by atoms with Crippen molar-refractivity contribution < 1.29 is 4.79 Å². The Balaban J connectivity index is 1.55. The molecule has 120 valence electrons. The molecule has 1 aromatic rings. The minimum Gasteiger partial charge on any atom is -0.355 e. The number of hydrogen-bond acceptors (Lipinski definition) is 3. The molecule has 4 nitrogen and oxygen atoms in total. The van der Waals surface area contributed by atoms with Crippen molar-refractivity contribution in [3.63, 3.8) is 0 Å². The number of carbonyl (C=O) groups excluding carboxylic acids is 1. The molecule has 0 spiro atoms. The highest BCUT2D eigenvalue weighted by atomic mass is 16.1. The zero-order chi connectivity index (χ0) is 15.4. The Hall–Kier alpha value is -1.39. The van der Waals surface area contributed by atoms with Crippen molar-refractivity contribution in [1.29, 1.82) is 0 Å². The maximum atomic E-state index is 12.1. The van der Waals surface area contributed by atoms with Crippen LogP contribution in [0, 0.1) is 5.92 Å². The van der Waals surface area contributed by atoms with Gasteiger partial charge in [-0.25, -0.2) is 0 Å². The van der Waals surface area contributed by atoms with Crippen LogP contribution in [-0.4, -0.2) is 37.0 Å². The maximum absolute atomic E-state index is 12.1. The monoisotopic (exact) mass is 301 g/mol. The Labute approximate surface area is 133 Å². The number of piperidine rings is 1. The molecule has 1 saturated carbocycles. The van der Waals surface area contributed by atoms with Crippen LogP contribution < -0.4 is 11.1 Å². The van der Waals surface area contributed by atoms with Crippen molar-refractivity contribution in [3.8, 4) is 0 Å². The van der Waals surface area contributed by atoms with Crippen LogP contribution in [0.25, 0.3) is 0 Å². The van der Waals surface area contributed by atoms with Crippen molar-refractivity contribution in [2.45, 2.75) is 38.1 Å². The average Bonchev–Trinajstić information content (AvgIpc) is 3.38. The van der Waals surface area contributed by atoms with Crippen LogP contribution in [0.2, 0.25) is 0 Å². The molecule has 0 radical (unpaired) electrons. The van der Waals surface area contributed by atoms with Crippen LogP contribution in [0.1, 0.15) is 42.7 Å². The first-order chi connectivity index (χ1) is 10.8. The van der Waals surface area contributed by atoms with Gasteiger partial charge in [-0.2, -0.15) is 0 Å². The van der Waals surface area contributed by atoms with E-state index in [1.54, 1.807) is 0 Å². The number of rotatable bonds is 6. The second-order valence-corrected chi connectivity index (χ2v) is 6.67. The summed E-state index contributed by atoms with van der Waals surface area (Å²) in [5.41, 5.74) is 8.33. The van der Waals surface area contributed by atoms with E-state index < -0.39 is 0 Å². The zero-order valence-electron chi connectivity index (χ0n) is 13.3. The largest absolute Gasteiger partial charge is 0.355 e. The fraction of sp³-hybridized carbons (Fsp3) is 0.611. The summed E-state index contributed by atoms with van der Waals surface area (Å²) in [4.78, 5) is 14.5. The van der Waals surface area contributed by atoms with Crippen LogP contribution in [0.5, 0.6) is 0 Å². The van der Waals surface area contributed by atoms with E-state index in [-0.39, 0.29) is 11.8 Å². The standard InChI is InChI=1S/C18H27N3O/c19-8-9-20-18(22)17-5-2-10-21(13-17)12-14-3-1-4-16(11-14)15-6-7-15/h1,3-4,11,15,17H,2,5-10,12-13,19H2,(H,20,22). The molecule has 0 aromatic heterocycles. The second kappa shape index (κ2) is 7.25. The molecule has 2 fully saturated rings. The molecule has 1 amide bonds. The molecule has 1 aliphatic carbocycles. The van der Waals surface area contributed by atoms with E-state index >= 15 is 0 Å². The summed E-state index contributed by atoms with van der Waals surface area (Å²) in [6.07, 6.45) is 4.78. The van der Waals surface area contributed by atoms with Crippen molar-refractivity contribution in [2.75, 3.05) is 26.2 Å². The predicted molar refractivity (Wildman–Crippen MR) is 88.5 cm³/mol. The number of nitrogens with one attached hydrogen (secondary N) is 1. The summed E-state index contributed by atoms with van der Waals surface area (Å²) in [6.45, 7) is 4.01. The first-order valence-electron chi connectivity index (χ1n) is 8.55. The molecule has 4 heteroatoms. The maximum Gasteiger partial charge on any atom is 0.224 e. The first kappa shape index (κ1) is 15.5. The lowest BCUT2D eigenvalue weighted by atomic mass is 9.96. The minimum atomic E-state index is 0.118. The Morgan fingerprint density at radius 1 is 1.32 bits per heavy atom. The van der Waals surface area contributed by atoms with E-state index in [9.17, 15) is 4.79 Å². The molecule has 1 unspecified atom stereocenters. The van der Waals surface area contributed by atoms with Gasteiger partial charge < -0.3 is 11.1 Å².